The molecule has 16 heavy (non-hydrogen) atoms. The number of hydrogen-bond acceptors (Lipinski definition) is 3. The Kier molecular flexibility index (Phi) is 3.19. The topological polar surface area (TPSA) is 35.0 Å². The fourth-order valence-corrected chi connectivity index (χ4v) is 1.66. The van der Waals surface area contributed by atoms with Gasteiger partial charge in [-0.15, -0.1) is 0 Å². The zero-order valence-corrected chi connectivity index (χ0v) is 10.7. The molecule has 0 saturated heterocycles. The van der Waals surface area contributed by atoms with E-state index in [0.717, 1.165) is 21.3 Å². The van der Waals surface area contributed by atoms with Crippen LogP contribution in [0.25, 0.3) is 0 Å². The molecule has 1 aromatic heterocycles. The summed E-state index contributed by atoms with van der Waals surface area (Å²) in [7, 11) is 0. The van der Waals surface area contributed by atoms with Gasteiger partial charge in [0.15, 0.2) is 0 Å². The van der Waals surface area contributed by atoms with Gasteiger partial charge in [0.1, 0.15) is 5.75 Å². The summed E-state index contributed by atoms with van der Waals surface area (Å²) in [6.45, 7) is 4.06. The molecule has 82 valence electrons. The fourth-order valence-electron chi connectivity index (χ4n) is 1.45. The number of aromatic nitrogens is 2. The average Bonchev–Trinajstić information content (AvgIpc) is 2.20. The highest BCUT2D eigenvalue weighted by Crippen LogP contribution is 2.21. The molecule has 0 N–H and O–H groups in total. The van der Waals surface area contributed by atoms with Crippen molar-refractivity contribution < 1.29 is 4.74 Å². The minimum Gasteiger partial charge on any atom is -0.424 e. The van der Waals surface area contributed by atoms with Crippen molar-refractivity contribution >= 4 is 15.9 Å². The Morgan fingerprint density at radius 3 is 2.12 bits per heavy atom. The number of ether oxygens (including phenoxy) is 1. The van der Waals surface area contributed by atoms with Gasteiger partial charge in [0.2, 0.25) is 0 Å². The fraction of sp³-hybridized carbons (Fsp3) is 0.167. The lowest BCUT2D eigenvalue weighted by atomic mass is 10.1. The van der Waals surface area contributed by atoms with Crippen LogP contribution < -0.4 is 4.74 Å². The summed E-state index contributed by atoms with van der Waals surface area (Å²) in [5, 5.41) is 0. The largest absolute Gasteiger partial charge is 0.424 e. The molecule has 1 heterocycles. The first-order valence-electron chi connectivity index (χ1n) is 4.87. The molecule has 0 spiro atoms. The molecule has 0 unspecified atom stereocenters. The van der Waals surface area contributed by atoms with Crippen LogP contribution >= 0.6 is 15.9 Å². The number of rotatable bonds is 2. The second kappa shape index (κ2) is 4.61. The maximum atomic E-state index is 5.55. The predicted octanol–water partition coefficient (Wildman–Crippen LogP) is 3.65. The van der Waals surface area contributed by atoms with Gasteiger partial charge in [-0.2, -0.15) is 0 Å². The van der Waals surface area contributed by atoms with Gasteiger partial charge in [-0.3, -0.25) is 0 Å². The maximum Gasteiger partial charge on any atom is 0.321 e. The van der Waals surface area contributed by atoms with Crippen LogP contribution in [-0.2, 0) is 0 Å². The van der Waals surface area contributed by atoms with Crippen molar-refractivity contribution in [3.05, 3.63) is 46.2 Å². The lowest BCUT2D eigenvalue weighted by Crippen LogP contribution is -1.91. The minimum absolute atomic E-state index is 0.355. The quantitative estimate of drug-likeness (QED) is 0.841. The van der Waals surface area contributed by atoms with Gasteiger partial charge in [0.05, 0.1) is 4.47 Å². The highest BCUT2D eigenvalue weighted by Gasteiger charge is 2.01. The number of nitrogens with zero attached hydrogens (tertiary/aromatic N) is 2. The summed E-state index contributed by atoms with van der Waals surface area (Å²) in [5.74, 6) is 0.764. The molecule has 0 aliphatic rings. The molecule has 0 aliphatic carbocycles. The molecule has 0 aliphatic heterocycles. The summed E-state index contributed by atoms with van der Waals surface area (Å²) < 4.78 is 6.39. The number of aryl methyl sites for hydroxylation is 2. The van der Waals surface area contributed by atoms with Crippen molar-refractivity contribution in [3.63, 3.8) is 0 Å². The van der Waals surface area contributed by atoms with Gasteiger partial charge in [-0.1, -0.05) is 6.07 Å². The Balaban J connectivity index is 2.23. The molecule has 0 radical (unpaired) electrons. The number of halogens is 1. The standard InChI is InChI=1S/C12H11BrN2O/c1-8-3-9(2)5-11(4-8)16-12-14-6-10(13)7-15-12/h3-7H,1-2H3. The van der Waals surface area contributed by atoms with Gasteiger partial charge in [0, 0.05) is 12.4 Å². The van der Waals surface area contributed by atoms with Crippen molar-refractivity contribution in [1.82, 2.24) is 9.97 Å². The second-order valence-corrected chi connectivity index (χ2v) is 4.53. The summed E-state index contributed by atoms with van der Waals surface area (Å²) >= 11 is 3.27. The van der Waals surface area contributed by atoms with Crippen LogP contribution in [-0.4, -0.2) is 9.97 Å². The number of hydrogen-bond donors (Lipinski definition) is 0. The van der Waals surface area contributed by atoms with E-state index in [4.69, 9.17) is 4.74 Å². The Labute approximate surface area is 103 Å². The Morgan fingerprint density at radius 2 is 1.56 bits per heavy atom. The van der Waals surface area contributed by atoms with Crippen LogP contribution in [0.1, 0.15) is 11.1 Å². The molecule has 2 rings (SSSR count). The molecule has 0 fully saturated rings. The molecule has 0 saturated carbocycles. The van der Waals surface area contributed by atoms with E-state index >= 15 is 0 Å². The van der Waals surface area contributed by atoms with Crippen molar-refractivity contribution in [2.45, 2.75) is 13.8 Å². The molecule has 0 atom stereocenters. The Hall–Kier alpha value is -1.42. The monoisotopic (exact) mass is 278 g/mol. The van der Waals surface area contributed by atoms with Crippen LogP contribution in [0, 0.1) is 13.8 Å². The van der Waals surface area contributed by atoms with Crippen LogP contribution in [0.4, 0.5) is 0 Å². The van der Waals surface area contributed by atoms with Crippen LogP contribution in [0.2, 0.25) is 0 Å². The molecular weight excluding hydrogens is 268 g/mol. The molecular formula is C12H11BrN2O. The van der Waals surface area contributed by atoms with Gasteiger partial charge in [-0.05, 0) is 53.0 Å². The summed E-state index contributed by atoms with van der Waals surface area (Å²) in [5.41, 5.74) is 2.32. The zero-order chi connectivity index (χ0) is 11.5. The SMILES string of the molecule is Cc1cc(C)cc(Oc2ncc(Br)cn2)c1. The number of benzene rings is 1. The van der Waals surface area contributed by atoms with Crippen molar-refractivity contribution in [2.75, 3.05) is 0 Å². The first kappa shape index (κ1) is 11.1. The first-order chi connectivity index (χ1) is 7.63. The van der Waals surface area contributed by atoms with E-state index in [1.807, 2.05) is 26.0 Å². The smallest absolute Gasteiger partial charge is 0.321 e. The lowest BCUT2D eigenvalue weighted by molar-refractivity contribution is 0.441. The van der Waals surface area contributed by atoms with Gasteiger partial charge in [0.25, 0.3) is 0 Å². The molecule has 0 bridgehead atoms. The van der Waals surface area contributed by atoms with Crippen molar-refractivity contribution in [3.8, 4) is 11.8 Å². The zero-order valence-electron chi connectivity index (χ0n) is 9.07. The Morgan fingerprint density at radius 1 is 1.00 bits per heavy atom. The molecule has 1 aromatic carbocycles. The van der Waals surface area contributed by atoms with E-state index in [1.54, 1.807) is 12.4 Å². The van der Waals surface area contributed by atoms with E-state index in [9.17, 15) is 0 Å². The van der Waals surface area contributed by atoms with Crippen LogP contribution in [0.15, 0.2) is 35.1 Å². The van der Waals surface area contributed by atoms with Gasteiger partial charge < -0.3 is 4.74 Å². The third kappa shape index (κ3) is 2.79. The van der Waals surface area contributed by atoms with Gasteiger partial charge >= 0.3 is 6.01 Å². The average molecular weight is 279 g/mol. The normalized spacial score (nSPS) is 10.2. The van der Waals surface area contributed by atoms with E-state index in [0.29, 0.717) is 6.01 Å². The minimum atomic E-state index is 0.355. The summed E-state index contributed by atoms with van der Waals surface area (Å²) in [6, 6.07) is 6.36. The molecule has 2 aromatic rings. The third-order valence-corrected chi connectivity index (χ3v) is 2.41. The predicted molar refractivity (Wildman–Crippen MR) is 65.7 cm³/mol. The highest BCUT2D eigenvalue weighted by atomic mass is 79.9. The van der Waals surface area contributed by atoms with Crippen molar-refractivity contribution in [2.24, 2.45) is 0 Å². The Bertz CT molecular complexity index is 477. The van der Waals surface area contributed by atoms with Crippen LogP contribution in [0.5, 0.6) is 11.8 Å². The first-order valence-corrected chi connectivity index (χ1v) is 5.66. The third-order valence-electron chi connectivity index (χ3n) is 2.00. The van der Waals surface area contributed by atoms with E-state index in [2.05, 4.69) is 32.0 Å². The molecule has 3 nitrogen and oxygen atoms in total. The molecule has 0 amide bonds. The highest BCUT2D eigenvalue weighted by molar-refractivity contribution is 9.10. The van der Waals surface area contributed by atoms with Crippen LogP contribution in [0.3, 0.4) is 0 Å². The van der Waals surface area contributed by atoms with E-state index < -0.39 is 0 Å². The maximum absolute atomic E-state index is 5.55. The molecule has 4 heteroatoms. The van der Waals surface area contributed by atoms with E-state index in [-0.39, 0.29) is 0 Å². The van der Waals surface area contributed by atoms with Gasteiger partial charge in [-0.25, -0.2) is 9.97 Å². The summed E-state index contributed by atoms with van der Waals surface area (Å²) in [4.78, 5) is 8.11. The van der Waals surface area contributed by atoms with E-state index in [1.165, 1.54) is 0 Å². The second-order valence-electron chi connectivity index (χ2n) is 3.61. The lowest BCUT2D eigenvalue weighted by Gasteiger charge is -2.05. The summed E-state index contributed by atoms with van der Waals surface area (Å²) in [6.07, 6.45) is 3.32. The van der Waals surface area contributed by atoms with Crippen molar-refractivity contribution in [1.29, 1.82) is 0 Å².